The Balaban J connectivity index is 1.48. The number of benzene rings is 2. The van der Waals surface area contributed by atoms with Gasteiger partial charge in [-0.15, -0.1) is 0 Å². The van der Waals surface area contributed by atoms with E-state index in [-0.39, 0.29) is 18.6 Å². The summed E-state index contributed by atoms with van der Waals surface area (Å²) >= 11 is 0. The van der Waals surface area contributed by atoms with Gasteiger partial charge in [-0.3, -0.25) is 9.78 Å². The number of nitrogens with zero attached hydrogens (tertiary/aromatic N) is 1. The minimum Gasteiger partial charge on any atom is -0.484 e. The largest absolute Gasteiger partial charge is 0.484 e. The van der Waals surface area contributed by atoms with Crippen LogP contribution in [0, 0.1) is 0 Å². The number of nitrogens with one attached hydrogen (secondary N) is 2. The molecule has 0 aliphatic carbocycles. The summed E-state index contributed by atoms with van der Waals surface area (Å²) < 4.78 is 5.55. The van der Waals surface area contributed by atoms with Crippen LogP contribution in [-0.4, -0.2) is 17.5 Å². The second-order valence-electron chi connectivity index (χ2n) is 5.88. The number of hydrogen-bond acceptors (Lipinski definition) is 4. The van der Waals surface area contributed by atoms with Gasteiger partial charge >= 0.3 is 0 Å². The fourth-order valence-electron chi connectivity index (χ4n) is 2.47. The lowest BCUT2D eigenvalue weighted by atomic mass is 10.1. The molecule has 26 heavy (non-hydrogen) atoms. The van der Waals surface area contributed by atoms with Gasteiger partial charge in [-0.1, -0.05) is 24.3 Å². The fraction of sp³-hybridized carbons (Fsp3) is 0.143. The molecule has 0 unspecified atom stereocenters. The van der Waals surface area contributed by atoms with Crippen molar-refractivity contribution < 1.29 is 9.53 Å². The Labute approximate surface area is 153 Å². The van der Waals surface area contributed by atoms with E-state index in [0.29, 0.717) is 5.75 Å². The number of aromatic nitrogens is 1. The highest BCUT2D eigenvalue weighted by Gasteiger charge is 2.10. The molecular formula is C21H21N3O2. The van der Waals surface area contributed by atoms with Crippen LogP contribution in [0.15, 0.2) is 79.1 Å². The van der Waals surface area contributed by atoms with E-state index in [4.69, 9.17) is 4.74 Å². The van der Waals surface area contributed by atoms with Crippen LogP contribution in [0.2, 0.25) is 0 Å². The zero-order chi connectivity index (χ0) is 18.2. The van der Waals surface area contributed by atoms with E-state index in [0.717, 1.165) is 16.9 Å². The van der Waals surface area contributed by atoms with Crippen molar-refractivity contribution in [3.8, 4) is 5.75 Å². The third-order valence-corrected chi connectivity index (χ3v) is 3.85. The van der Waals surface area contributed by atoms with Gasteiger partial charge in [0.15, 0.2) is 6.61 Å². The highest BCUT2D eigenvalue weighted by Crippen LogP contribution is 2.19. The maximum Gasteiger partial charge on any atom is 0.258 e. The predicted molar refractivity (Wildman–Crippen MR) is 102 cm³/mol. The van der Waals surface area contributed by atoms with Crippen LogP contribution in [0.3, 0.4) is 0 Å². The van der Waals surface area contributed by atoms with E-state index in [1.165, 1.54) is 0 Å². The smallest absolute Gasteiger partial charge is 0.258 e. The summed E-state index contributed by atoms with van der Waals surface area (Å²) in [5.74, 6) is 0.473. The van der Waals surface area contributed by atoms with E-state index in [2.05, 4.69) is 15.6 Å². The second kappa shape index (κ2) is 8.67. The van der Waals surface area contributed by atoms with Crippen molar-refractivity contribution in [2.24, 2.45) is 0 Å². The molecule has 0 radical (unpaired) electrons. The number of amides is 1. The highest BCUT2D eigenvalue weighted by atomic mass is 16.5. The van der Waals surface area contributed by atoms with Crippen molar-refractivity contribution in [1.29, 1.82) is 0 Å². The van der Waals surface area contributed by atoms with Crippen LogP contribution in [-0.2, 0) is 4.79 Å². The quantitative estimate of drug-likeness (QED) is 0.676. The molecule has 5 heteroatoms. The van der Waals surface area contributed by atoms with Crippen LogP contribution < -0.4 is 15.4 Å². The average Bonchev–Trinajstić information content (AvgIpc) is 2.69. The van der Waals surface area contributed by atoms with Gasteiger partial charge in [0.25, 0.3) is 5.91 Å². The van der Waals surface area contributed by atoms with E-state index in [1.54, 1.807) is 12.4 Å². The minimum absolute atomic E-state index is 0.0317. The van der Waals surface area contributed by atoms with Crippen LogP contribution >= 0.6 is 0 Å². The van der Waals surface area contributed by atoms with Crippen molar-refractivity contribution >= 4 is 17.3 Å². The third-order valence-electron chi connectivity index (χ3n) is 3.85. The third kappa shape index (κ3) is 5.08. The van der Waals surface area contributed by atoms with Gasteiger partial charge in [-0.25, -0.2) is 0 Å². The molecule has 1 atom stereocenters. The van der Waals surface area contributed by atoms with Crippen molar-refractivity contribution in [1.82, 2.24) is 10.3 Å². The molecule has 5 nitrogen and oxygen atoms in total. The van der Waals surface area contributed by atoms with Gasteiger partial charge in [-0.05, 0) is 55.0 Å². The molecule has 2 N–H and O–H groups in total. The second-order valence-corrected chi connectivity index (χ2v) is 5.88. The number of para-hydroxylation sites is 1. The Morgan fingerprint density at radius 1 is 1.00 bits per heavy atom. The molecule has 3 aromatic rings. The Morgan fingerprint density at radius 3 is 2.42 bits per heavy atom. The number of anilines is 2. The van der Waals surface area contributed by atoms with Crippen LogP contribution in [0.4, 0.5) is 11.4 Å². The first-order valence-corrected chi connectivity index (χ1v) is 8.45. The highest BCUT2D eigenvalue weighted by molar-refractivity contribution is 5.78. The first-order valence-electron chi connectivity index (χ1n) is 8.45. The number of carbonyl (C=O) groups is 1. The first kappa shape index (κ1) is 17.5. The van der Waals surface area contributed by atoms with Crippen LogP contribution in [0.1, 0.15) is 18.5 Å². The molecule has 132 valence electrons. The molecule has 1 aromatic heterocycles. The maximum absolute atomic E-state index is 12.0. The fourth-order valence-corrected chi connectivity index (χ4v) is 2.47. The van der Waals surface area contributed by atoms with E-state index < -0.39 is 0 Å². The van der Waals surface area contributed by atoms with Crippen LogP contribution in [0.5, 0.6) is 5.75 Å². The lowest BCUT2D eigenvalue weighted by molar-refractivity contribution is -0.123. The summed E-state index contributed by atoms with van der Waals surface area (Å²) in [5.41, 5.74) is 2.93. The van der Waals surface area contributed by atoms with Crippen LogP contribution in [0.25, 0.3) is 0 Å². The van der Waals surface area contributed by atoms with Crippen molar-refractivity contribution in [3.05, 3.63) is 84.7 Å². The summed E-state index contributed by atoms with van der Waals surface area (Å²) in [6, 6.07) is 21.1. The normalized spacial score (nSPS) is 11.4. The number of hydrogen-bond donors (Lipinski definition) is 2. The van der Waals surface area contributed by atoms with Gasteiger partial charge in [0.05, 0.1) is 6.04 Å². The van der Waals surface area contributed by atoms with Crippen molar-refractivity contribution in [2.75, 3.05) is 11.9 Å². The molecular weight excluding hydrogens is 326 g/mol. The van der Waals surface area contributed by atoms with Gasteiger partial charge in [0.2, 0.25) is 0 Å². The molecule has 3 rings (SSSR count). The van der Waals surface area contributed by atoms with Gasteiger partial charge < -0.3 is 15.4 Å². The van der Waals surface area contributed by atoms with Gasteiger partial charge in [0.1, 0.15) is 5.75 Å². The summed E-state index contributed by atoms with van der Waals surface area (Å²) in [6.45, 7) is 1.88. The zero-order valence-electron chi connectivity index (χ0n) is 14.6. The van der Waals surface area contributed by atoms with E-state index in [1.807, 2.05) is 73.7 Å². The SMILES string of the molecule is C[C@@H](NC(=O)COc1ccc(Nc2ccccc2)cc1)c1cccnc1. The topological polar surface area (TPSA) is 63.2 Å². The Bertz CT molecular complexity index is 821. The molecule has 0 bridgehead atoms. The van der Waals surface area contributed by atoms with Gasteiger partial charge in [0, 0.05) is 23.8 Å². The Kier molecular flexibility index (Phi) is 5.83. The average molecular weight is 347 g/mol. The summed E-state index contributed by atoms with van der Waals surface area (Å²) in [7, 11) is 0. The molecule has 0 aliphatic rings. The van der Waals surface area contributed by atoms with Gasteiger partial charge in [-0.2, -0.15) is 0 Å². The van der Waals surface area contributed by atoms with E-state index in [9.17, 15) is 4.79 Å². The predicted octanol–water partition coefficient (Wildman–Crippen LogP) is 4.08. The number of pyridine rings is 1. The monoisotopic (exact) mass is 347 g/mol. The minimum atomic E-state index is -0.173. The molecule has 0 aliphatic heterocycles. The lowest BCUT2D eigenvalue weighted by Crippen LogP contribution is -2.31. The van der Waals surface area contributed by atoms with E-state index >= 15 is 0 Å². The van der Waals surface area contributed by atoms with Crippen molar-refractivity contribution in [2.45, 2.75) is 13.0 Å². The standard InChI is InChI=1S/C21H21N3O2/c1-16(17-6-5-13-22-14-17)23-21(25)15-26-20-11-9-19(10-12-20)24-18-7-3-2-4-8-18/h2-14,16,24H,15H2,1H3,(H,23,25)/t16-/m1/s1. The number of ether oxygens (including phenoxy) is 1. The molecule has 1 heterocycles. The number of carbonyl (C=O) groups excluding carboxylic acids is 1. The molecule has 0 saturated heterocycles. The molecule has 0 spiro atoms. The molecule has 0 fully saturated rings. The molecule has 0 saturated carbocycles. The summed E-state index contributed by atoms with van der Waals surface area (Å²) in [6.07, 6.45) is 3.45. The summed E-state index contributed by atoms with van der Waals surface area (Å²) in [4.78, 5) is 16.1. The molecule has 1 amide bonds. The number of rotatable bonds is 7. The Hall–Kier alpha value is -3.34. The first-order chi connectivity index (χ1) is 12.7. The molecule has 2 aromatic carbocycles. The zero-order valence-corrected chi connectivity index (χ0v) is 14.6. The Morgan fingerprint density at radius 2 is 1.73 bits per heavy atom. The summed E-state index contributed by atoms with van der Waals surface area (Å²) in [5, 5.41) is 6.19. The van der Waals surface area contributed by atoms with Crippen molar-refractivity contribution in [3.63, 3.8) is 0 Å². The lowest BCUT2D eigenvalue weighted by Gasteiger charge is -2.14. The maximum atomic E-state index is 12.0.